The fourth-order valence-corrected chi connectivity index (χ4v) is 5.23. The number of nitrogens with zero attached hydrogens (tertiary/aromatic N) is 5. The lowest BCUT2D eigenvalue weighted by Crippen LogP contribution is -2.49. The molecule has 0 saturated carbocycles. The van der Waals surface area contributed by atoms with Gasteiger partial charge in [0.1, 0.15) is 5.82 Å². The van der Waals surface area contributed by atoms with Crippen molar-refractivity contribution in [2.75, 3.05) is 50.1 Å². The molecule has 1 aliphatic rings. The number of rotatable bonds is 4. The summed E-state index contributed by atoms with van der Waals surface area (Å²) in [6.07, 6.45) is 0. The summed E-state index contributed by atoms with van der Waals surface area (Å²) >= 11 is 0. The van der Waals surface area contributed by atoms with E-state index in [0.717, 1.165) is 22.3 Å². The van der Waals surface area contributed by atoms with Gasteiger partial charge in [0.05, 0.1) is 4.90 Å². The standard InChI is InChI=1S/C21H25N5O2S/c1-16-15-20(24(2)3)23-21(22-16)25-11-13-26(14-12-25)29(27,28)19-10-6-8-17-7-4-5-9-18(17)19/h4-10,15H,11-14H2,1-3H3. The Labute approximate surface area is 171 Å². The van der Waals surface area contributed by atoms with Gasteiger partial charge in [-0.05, 0) is 18.4 Å². The van der Waals surface area contributed by atoms with Crippen molar-refractivity contribution in [3.63, 3.8) is 0 Å². The Kier molecular flexibility index (Phi) is 5.14. The molecule has 8 heteroatoms. The first-order valence-corrected chi connectivity index (χ1v) is 11.1. The van der Waals surface area contributed by atoms with Gasteiger partial charge in [0.15, 0.2) is 0 Å². The second-order valence-electron chi connectivity index (χ2n) is 7.43. The molecule has 4 rings (SSSR count). The molecule has 2 aromatic carbocycles. The van der Waals surface area contributed by atoms with Gasteiger partial charge in [-0.2, -0.15) is 9.29 Å². The minimum Gasteiger partial charge on any atom is -0.363 e. The minimum absolute atomic E-state index is 0.366. The Bertz CT molecular complexity index is 1130. The second kappa shape index (κ2) is 7.61. The third kappa shape index (κ3) is 3.77. The molecule has 0 amide bonds. The van der Waals surface area contributed by atoms with E-state index in [1.807, 2.05) is 62.3 Å². The highest BCUT2D eigenvalue weighted by Crippen LogP contribution is 2.27. The number of fused-ring (bicyclic) bond motifs is 1. The fraction of sp³-hybridized carbons (Fsp3) is 0.333. The Balaban J connectivity index is 1.57. The Morgan fingerprint density at radius 2 is 1.62 bits per heavy atom. The number of hydrogen-bond donors (Lipinski definition) is 0. The molecular weight excluding hydrogens is 386 g/mol. The van der Waals surface area contributed by atoms with Crippen molar-refractivity contribution in [1.82, 2.24) is 14.3 Å². The van der Waals surface area contributed by atoms with Gasteiger partial charge in [0.2, 0.25) is 16.0 Å². The minimum atomic E-state index is -3.57. The lowest BCUT2D eigenvalue weighted by molar-refractivity contribution is 0.383. The molecule has 1 aromatic heterocycles. The highest BCUT2D eigenvalue weighted by Gasteiger charge is 2.30. The number of sulfonamides is 1. The average Bonchev–Trinajstić information content (AvgIpc) is 2.73. The molecular formula is C21H25N5O2S. The first-order chi connectivity index (χ1) is 13.9. The van der Waals surface area contributed by atoms with Crippen LogP contribution in [0.3, 0.4) is 0 Å². The van der Waals surface area contributed by atoms with Gasteiger partial charge < -0.3 is 9.80 Å². The van der Waals surface area contributed by atoms with Crippen molar-refractivity contribution in [3.05, 3.63) is 54.2 Å². The zero-order chi connectivity index (χ0) is 20.6. The molecule has 3 aromatic rings. The molecule has 0 radical (unpaired) electrons. The maximum absolute atomic E-state index is 13.3. The molecule has 1 aliphatic heterocycles. The van der Waals surface area contributed by atoms with Crippen LogP contribution in [-0.4, -0.2) is 63.0 Å². The van der Waals surface area contributed by atoms with E-state index >= 15 is 0 Å². The second-order valence-corrected chi connectivity index (χ2v) is 9.34. The van der Waals surface area contributed by atoms with Crippen molar-refractivity contribution in [1.29, 1.82) is 0 Å². The van der Waals surface area contributed by atoms with E-state index in [2.05, 4.69) is 14.9 Å². The molecule has 0 N–H and O–H groups in total. The number of benzene rings is 2. The number of aryl methyl sites for hydroxylation is 1. The molecule has 0 spiro atoms. The Morgan fingerprint density at radius 1 is 0.931 bits per heavy atom. The predicted octanol–water partition coefficient (Wildman–Crippen LogP) is 2.52. The van der Waals surface area contributed by atoms with Gasteiger partial charge in [-0.25, -0.2) is 13.4 Å². The number of piperazine rings is 1. The summed E-state index contributed by atoms with van der Waals surface area (Å²) in [5.74, 6) is 1.49. The number of aromatic nitrogens is 2. The van der Waals surface area contributed by atoms with Gasteiger partial charge in [-0.15, -0.1) is 0 Å². The summed E-state index contributed by atoms with van der Waals surface area (Å²) in [6.45, 7) is 3.86. The van der Waals surface area contributed by atoms with E-state index < -0.39 is 10.0 Å². The van der Waals surface area contributed by atoms with Gasteiger partial charge in [-0.3, -0.25) is 0 Å². The molecule has 0 aliphatic carbocycles. The zero-order valence-corrected chi connectivity index (χ0v) is 17.7. The normalized spacial score (nSPS) is 15.6. The van der Waals surface area contributed by atoms with Crippen molar-refractivity contribution in [2.45, 2.75) is 11.8 Å². The van der Waals surface area contributed by atoms with Crippen molar-refractivity contribution < 1.29 is 8.42 Å². The number of anilines is 2. The van der Waals surface area contributed by atoms with E-state index in [-0.39, 0.29) is 0 Å². The van der Waals surface area contributed by atoms with E-state index in [1.165, 1.54) is 0 Å². The summed E-state index contributed by atoms with van der Waals surface area (Å²) in [7, 11) is 0.323. The Morgan fingerprint density at radius 3 is 2.34 bits per heavy atom. The third-order valence-electron chi connectivity index (χ3n) is 5.18. The zero-order valence-electron chi connectivity index (χ0n) is 16.9. The summed E-state index contributed by atoms with van der Waals surface area (Å²) in [4.78, 5) is 13.5. The lowest BCUT2D eigenvalue weighted by Gasteiger charge is -2.34. The van der Waals surface area contributed by atoms with Crippen molar-refractivity contribution in [2.24, 2.45) is 0 Å². The van der Waals surface area contributed by atoms with Crippen LogP contribution in [0.4, 0.5) is 11.8 Å². The molecule has 1 saturated heterocycles. The quantitative estimate of drug-likeness (QED) is 0.657. The average molecular weight is 412 g/mol. The van der Waals surface area contributed by atoms with Crippen LogP contribution in [0.15, 0.2) is 53.4 Å². The first-order valence-electron chi connectivity index (χ1n) is 9.62. The van der Waals surface area contributed by atoms with Crippen molar-refractivity contribution >= 4 is 32.6 Å². The molecule has 1 fully saturated rings. The SMILES string of the molecule is Cc1cc(N(C)C)nc(N2CCN(S(=O)(=O)c3cccc4ccccc34)CC2)n1. The third-order valence-corrected chi connectivity index (χ3v) is 7.13. The number of hydrogen-bond acceptors (Lipinski definition) is 6. The molecule has 29 heavy (non-hydrogen) atoms. The molecule has 0 unspecified atom stereocenters. The molecule has 0 atom stereocenters. The van der Waals surface area contributed by atoms with Crippen LogP contribution in [-0.2, 0) is 10.0 Å². The largest absolute Gasteiger partial charge is 0.363 e. The fourth-order valence-electron chi connectivity index (χ4n) is 3.60. The van der Waals surface area contributed by atoms with E-state index in [4.69, 9.17) is 0 Å². The van der Waals surface area contributed by atoms with Crippen LogP contribution in [0.25, 0.3) is 10.8 Å². The maximum atomic E-state index is 13.3. The summed E-state index contributed by atoms with van der Waals surface area (Å²) in [6, 6.07) is 14.9. The summed E-state index contributed by atoms with van der Waals surface area (Å²) < 4.78 is 28.2. The Hall–Kier alpha value is -2.71. The van der Waals surface area contributed by atoms with Gasteiger partial charge in [0.25, 0.3) is 0 Å². The highest BCUT2D eigenvalue weighted by atomic mass is 32.2. The highest BCUT2D eigenvalue weighted by molar-refractivity contribution is 7.89. The van der Waals surface area contributed by atoms with Crippen LogP contribution in [0.1, 0.15) is 5.69 Å². The van der Waals surface area contributed by atoms with Gasteiger partial charge >= 0.3 is 0 Å². The maximum Gasteiger partial charge on any atom is 0.243 e. The predicted molar refractivity (Wildman–Crippen MR) is 116 cm³/mol. The van der Waals surface area contributed by atoms with Gasteiger partial charge in [0, 0.05) is 57.4 Å². The van der Waals surface area contributed by atoms with E-state index in [1.54, 1.807) is 16.4 Å². The van der Waals surface area contributed by atoms with Gasteiger partial charge in [-0.1, -0.05) is 36.4 Å². The topological polar surface area (TPSA) is 69.6 Å². The molecule has 0 bridgehead atoms. The van der Waals surface area contributed by atoms with Crippen LogP contribution in [0.2, 0.25) is 0 Å². The van der Waals surface area contributed by atoms with Crippen molar-refractivity contribution in [3.8, 4) is 0 Å². The van der Waals surface area contributed by atoms with E-state index in [0.29, 0.717) is 37.0 Å². The molecule has 2 heterocycles. The van der Waals surface area contributed by atoms with Crippen LogP contribution in [0, 0.1) is 6.92 Å². The monoisotopic (exact) mass is 411 g/mol. The van der Waals surface area contributed by atoms with Crippen LogP contribution >= 0.6 is 0 Å². The smallest absolute Gasteiger partial charge is 0.243 e. The summed E-state index contributed by atoms with van der Waals surface area (Å²) in [5.41, 5.74) is 0.893. The van der Waals surface area contributed by atoms with E-state index in [9.17, 15) is 8.42 Å². The molecule has 7 nitrogen and oxygen atoms in total. The summed E-state index contributed by atoms with van der Waals surface area (Å²) in [5, 5.41) is 1.69. The lowest BCUT2D eigenvalue weighted by atomic mass is 10.1. The van der Waals surface area contributed by atoms with Crippen LogP contribution in [0.5, 0.6) is 0 Å². The molecule has 152 valence electrons. The van der Waals surface area contributed by atoms with Crippen LogP contribution < -0.4 is 9.80 Å². The first kappa shape index (κ1) is 19.6.